The molecule has 0 radical (unpaired) electrons. The highest BCUT2D eigenvalue weighted by Gasteiger charge is 2.21. The summed E-state index contributed by atoms with van der Waals surface area (Å²) in [6, 6.07) is 9.94. The first-order valence-corrected chi connectivity index (χ1v) is 6.93. The third-order valence-corrected chi connectivity index (χ3v) is 3.51. The number of nitrogens with two attached hydrogens (primary N) is 1. The summed E-state index contributed by atoms with van der Waals surface area (Å²) in [5.41, 5.74) is 7.19. The van der Waals surface area contributed by atoms with Gasteiger partial charge in [-0.05, 0) is 24.8 Å². The molecule has 1 fully saturated rings. The van der Waals surface area contributed by atoms with Gasteiger partial charge in [-0.15, -0.1) is 0 Å². The summed E-state index contributed by atoms with van der Waals surface area (Å²) in [6.45, 7) is 1.95. The van der Waals surface area contributed by atoms with Gasteiger partial charge in [-0.25, -0.2) is 0 Å². The maximum atomic E-state index is 11.9. The predicted molar refractivity (Wildman–Crippen MR) is 74.5 cm³/mol. The standard InChI is InChI=1S/C15H22N2O2/c16-14(12-5-2-1-3-6-12)8-9-17-15(18)13-7-4-10-19-11-13/h1-3,5-6,13-14H,4,7-11,16H2,(H,17,18). The molecule has 1 aromatic carbocycles. The first kappa shape index (κ1) is 14.0. The van der Waals surface area contributed by atoms with E-state index in [1.807, 2.05) is 30.3 Å². The van der Waals surface area contributed by atoms with Crippen LogP contribution < -0.4 is 11.1 Å². The van der Waals surface area contributed by atoms with Gasteiger partial charge in [0.2, 0.25) is 5.91 Å². The van der Waals surface area contributed by atoms with Crippen LogP contribution in [0.15, 0.2) is 30.3 Å². The molecule has 1 aliphatic heterocycles. The summed E-state index contributed by atoms with van der Waals surface area (Å²) < 4.78 is 5.31. The molecule has 2 atom stereocenters. The van der Waals surface area contributed by atoms with Crippen LogP contribution in [0.3, 0.4) is 0 Å². The Morgan fingerprint density at radius 3 is 2.89 bits per heavy atom. The van der Waals surface area contributed by atoms with Crippen molar-refractivity contribution in [3.8, 4) is 0 Å². The second-order valence-electron chi connectivity index (χ2n) is 5.01. The van der Waals surface area contributed by atoms with Gasteiger partial charge >= 0.3 is 0 Å². The lowest BCUT2D eigenvalue weighted by molar-refractivity contribution is -0.128. The second-order valence-corrected chi connectivity index (χ2v) is 5.01. The lowest BCUT2D eigenvalue weighted by Crippen LogP contribution is -2.36. The Balaban J connectivity index is 1.69. The Hall–Kier alpha value is -1.39. The zero-order chi connectivity index (χ0) is 13.5. The summed E-state index contributed by atoms with van der Waals surface area (Å²) >= 11 is 0. The molecule has 1 aromatic rings. The number of carbonyl (C=O) groups excluding carboxylic acids is 1. The summed E-state index contributed by atoms with van der Waals surface area (Å²) in [5, 5.41) is 2.95. The molecule has 4 nitrogen and oxygen atoms in total. The fourth-order valence-corrected chi connectivity index (χ4v) is 2.31. The van der Waals surface area contributed by atoms with Crippen LogP contribution >= 0.6 is 0 Å². The number of benzene rings is 1. The van der Waals surface area contributed by atoms with Crippen LogP contribution in [-0.4, -0.2) is 25.7 Å². The van der Waals surface area contributed by atoms with E-state index in [9.17, 15) is 4.79 Å². The summed E-state index contributed by atoms with van der Waals surface area (Å²) in [4.78, 5) is 11.9. The van der Waals surface area contributed by atoms with Gasteiger partial charge < -0.3 is 15.8 Å². The fourth-order valence-electron chi connectivity index (χ4n) is 2.31. The second kappa shape index (κ2) is 7.26. The SMILES string of the molecule is NC(CCNC(=O)C1CCCOC1)c1ccccc1. The predicted octanol–water partition coefficient (Wildman–Crippen LogP) is 1.62. The molecule has 104 valence electrons. The number of ether oxygens (including phenoxy) is 1. The molecular weight excluding hydrogens is 240 g/mol. The van der Waals surface area contributed by atoms with Crippen molar-refractivity contribution in [3.05, 3.63) is 35.9 Å². The van der Waals surface area contributed by atoms with E-state index in [4.69, 9.17) is 10.5 Å². The van der Waals surface area contributed by atoms with E-state index in [2.05, 4.69) is 5.32 Å². The summed E-state index contributed by atoms with van der Waals surface area (Å²) in [5.74, 6) is 0.113. The molecule has 3 N–H and O–H groups in total. The van der Waals surface area contributed by atoms with Crippen molar-refractivity contribution in [2.24, 2.45) is 11.7 Å². The van der Waals surface area contributed by atoms with E-state index in [-0.39, 0.29) is 17.9 Å². The van der Waals surface area contributed by atoms with Crippen molar-refractivity contribution < 1.29 is 9.53 Å². The summed E-state index contributed by atoms with van der Waals surface area (Å²) in [7, 11) is 0. The monoisotopic (exact) mass is 262 g/mol. The number of amides is 1. The Bertz CT molecular complexity index is 388. The van der Waals surface area contributed by atoms with Crippen LogP contribution in [-0.2, 0) is 9.53 Å². The number of hydrogen-bond donors (Lipinski definition) is 2. The van der Waals surface area contributed by atoms with Crippen LogP contribution in [0, 0.1) is 5.92 Å². The highest BCUT2D eigenvalue weighted by molar-refractivity contribution is 5.78. The van der Waals surface area contributed by atoms with Crippen molar-refractivity contribution in [2.45, 2.75) is 25.3 Å². The molecule has 0 aromatic heterocycles. The first-order valence-electron chi connectivity index (χ1n) is 6.93. The molecule has 4 heteroatoms. The Labute approximate surface area is 114 Å². The van der Waals surface area contributed by atoms with Gasteiger partial charge in [-0.1, -0.05) is 30.3 Å². The van der Waals surface area contributed by atoms with Crippen molar-refractivity contribution >= 4 is 5.91 Å². The average Bonchev–Trinajstić information content (AvgIpc) is 2.49. The zero-order valence-corrected chi connectivity index (χ0v) is 11.2. The average molecular weight is 262 g/mol. The molecule has 1 amide bonds. The van der Waals surface area contributed by atoms with Gasteiger partial charge in [0.1, 0.15) is 0 Å². The molecule has 0 bridgehead atoms. The Kier molecular flexibility index (Phi) is 5.36. The highest BCUT2D eigenvalue weighted by atomic mass is 16.5. The zero-order valence-electron chi connectivity index (χ0n) is 11.2. The van der Waals surface area contributed by atoms with Gasteiger partial charge in [0.25, 0.3) is 0 Å². The molecule has 2 unspecified atom stereocenters. The number of rotatable bonds is 5. The number of carbonyl (C=O) groups is 1. The van der Waals surface area contributed by atoms with Gasteiger partial charge in [-0.2, -0.15) is 0 Å². The van der Waals surface area contributed by atoms with E-state index in [0.717, 1.165) is 31.4 Å². The Morgan fingerprint density at radius 2 is 2.21 bits per heavy atom. The molecular formula is C15H22N2O2. The highest BCUT2D eigenvalue weighted by Crippen LogP contribution is 2.14. The topological polar surface area (TPSA) is 64.3 Å². The minimum atomic E-state index is -0.0240. The first-order chi connectivity index (χ1) is 9.27. The van der Waals surface area contributed by atoms with Crippen molar-refractivity contribution in [1.82, 2.24) is 5.32 Å². The van der Waals surface area contributed by atoms with Crippen LogP contribution in [0.25, 0.3) is 0 Å². The molecule has 1 aliphatic rings. The van der Waals surface area contributed by atoms with Crippen molar-refractivity contribution in [2.75, 3.05) is 19.8 Å². The van der Waals surface area contributed by atoms with Crippen molar-refractivity contribution in [1.29, 1.82) is 0 Å². The van der Waals surface area contributed by atoms with Crippen molar-refractivity contribution in [3.63, 3.8) is 0 Å². The largest absolute Gasteiger partial charge is 0.381 e. The molecule has 1 saturated heterocycles. The number of hydrogen-bond acceptors (Lipinski definition) is 3. The quantitative estimate of drug-likeness (QED) is 0.847. The third-order valence-electron chi connectivity index (χ3n) is 3.51. The fraction of sp³-hybridized carbons (Fsp3) is 0.533. The van der Waals surface area contributed by atoms with Crippen LogP contribution in [0.2, 0.25) is 0 Å². The molecule has 19 heavy (non-hydrogen) atoms. The van der Waals surface area contributed by atoms with E-state index in [0.29, 0.717) is 13.2 Å². The minimum absolute atomic E-state index is 0.0155. The molecule has 1 heterocycles. The minimum Gasteiger partial charge on any atom is -0.381 e. The molecule has 0 saturated carbocycles. The lowest BCUT2D eigenvalue weighted by Gasteiger charge is -2.21. The van der Waals surface area contributed by atoms with Crippen LogP contribution in [0.4, 0.5) is 0 Å². The van der Waals surface area contributed by atoms with Gasteiger partial charge in [0, 0.05) is 19.2 Å². The Morgan fingerprint density at radius 1 is 1.42 bits per heavy atom. The smallest absolute Gasteiger partial charge is 0.225 e. The summed E-state index contributed by atoms with van der Waals surface area (Å²) in [6.07, 6.45) is 2.65. The van der Waals surface area contributed by atoms with Gasteiger partial charge in [-0.3, -0.25) is 4.79 Å². The molecule has 2 rings (SSSR count). The maximum absolute atomic E-state index is 11.9. The lowest BCUT2D eigenvalue weighted by atomic mass is 10.0. The van der Waals surface area contributed by atoms with Gasteiger partial charge in [0.15, 0.2) is 0 Å². The maximum Gasteiger partial charge on any atom is 0.225 e. The number of nitrogens with one attached hydrogen (secondary N) is 1. The normalized spacial score (nSPS) is 20.8. The molecule has 0 spiro atoms. The van der Waals surface area contributed by atoms with Gasteiger partial charge in [0.05, 0.1) is 12.5 Å². The third kappa shape index (κ3) is 4.33. The van der Waals surface area contributed by atoms with E-state index >= 15 is 0 Å². The van der Waals surface area contributed by atoms with E-state index in [1.54, 1.807) is 0 Å². The van der Waals surface area contributed by atoms with Crippen LogP contribution in [0.5, 0.6) is 0 Å². The van der Waals surface area contributed by atoms with E-state index in [1.165, 1.54) is 0 Å². The van der Waals surface area contributed by atoms with Crippen LogP contribution in [0.1, 0.15) is 30.9 Å². The van der Waals surface area contributed by atoms with E-state index < -0.39 is 0 Å². The molecule has 0 aliphatic carbocycles.